The molecule has 3 rings (SSSR count). The Morgan fingerprint density at radius 3 is 2.75 bits per heavy atom. The quantitative estimate of drug-likeness (QED) is 0.716. The molecule has 0 aromatic carbocycles. The molecule has 0 fully saturated rings. The Labute approximate surface area is 145 Å². The first-order chi connectivity index (χ1) is 11.6. The van der Waals surface area contributed by atoms with Gasteiger partial charge in [0, 0.05) is 28.9 Å². The van der Waals surface area contributed by atoms with Crippen molar-refractivity contribution in [1.29, 1.82) is 5.26 Å². The lowest BCUT2D eigenvalue weighted by Gasteiger charge is -2.02. The van der Waals surface area contributed by atoms with Gasteiger partial charge in [0.1, 0.15) is 17.1 Å². The maximum Gasteiger partial charge on any atom is 0.320 e. The molecule has 0 unspecified atom stereocenters. The van der Waals surface area contributed by atoms with Crippen LogP contribution in [0, 0.1) is 11.3 Å². The van der Waals surface area contributed by atoms with E-state index in [2.05, 4.69) is 15.0 Å². The second-order valence-electron chi connectivity index (χ2n) is 4.86. The zero-order valence-corrected chi connectivity index (χ0v) is 13.8. The molecule has 0 saturated carbocycles. The minimum atomic E-state index is -1.05. The topological polar surface area (TPSA) is 126 Å². The van der Waals surface area contributed by atoms with Gasteiger partial charge in [0.25, 0.3) is 0 Å². The number of thiazole rings is 2. The average molecular weight is 357 g/mol. The van der Waals surface area contributed by atoms with E-state index in [1.54, 1.807) is 11.6 Å². The Morgan fingerprint density at radius 1 is 1.29 bits per heavy atom. The summed E-state index contributed by atoms with van der Waals surface area (Å²) in [5.74, 6) is -1.05. The molecule has 3 heterocycles. The van der Waals surface area contributed by atoms with Gasteiger partial charge in [-0.3, -0.25) is 9.78 Å². The lowest BCUT2D eigenvalue weighted by Crippen LogP contribution is -2.32. The van der Waals surface area contributed by atoms with E-state index in [0.29, 0.717) is 22.1 Å². The van der Waals surface area contributed by atoms with Gasteiger partial charge in [-0.25, -0.2) is 9.97 Å². The number of rotatable bonds is 5. The van der Waals surface area contributed by atoms with Crippen LogP contribution in [0.1, 0.15) is 10.7 Å². The Morgan fingerprint density at radius 2 is 2.12 bits per heavy atom. The van der Waals surface area contributed by atoms with Crippen molar-refractivity contribution in [1.82, 2.24) is 15.0 Å². The van der Waals surface area contributed by atoms with Gasteiger partial charge < -0.3 is 10.8 Å². The normalized spacial score (nSPS) is 11.8. The third-order valence-corrected chi connectivity index (χ3v) is 4.92. The summed E-state index contributed by atoms with van der Waals surface area (Å²) in [6.45, 7) is 0. The van der Waals surface area contributed by atoms with Gasteiger partial charge in [0.2, 0.25) is 0 Å². The summed E-state index contributed by atoms with van der Waals surface area (Å²) in [7, 11) is 0. The maximum atomic E-state index is 10.8. The molecule has 0 radical (unpaired) electrons. The first-order valence-corrected chi connectivity index (χ1v) is 8.58. The lowest BCUT2D eigenvalue weighted by molar-refractivity contribution is -0.138. The monoisotopic (exact) mass is 357 g/mol. The SMILES string of the molecule is N#Cc1csc(-c2ccc(-c3csc(C[C@H](N)C(=O)O)n3)nc2)n1. The molecule has 24 heavy (non-hydrogen) atoms. The third kappa shape index (κ3) is 3.46. The first kappa shape index (κ1) is 16.2. The van der Waals surface area contributed by atoms with Crippen LogP contribution in [-0.2, 0) is 11.2 Å². The summed E-state index contributed by atoms with van der Waals surface area (Å²) in [5, 5.41) is 22.6. The molecule has 0 aliphatic rings. The second-order valence-corrected chi connectivity index (χ2v) is 6.66. The molecule has 0 aliphatic carbocycles. The third-order valence-electron chi connectivity index (χ3n) is 3.16. The van der Waals surface area contributed by atoms with Crippen molar-refractivity contribution in [3.8, 4) is 28.0 Å². The van der Waals surface area contributed by atoms with Gasteiger partial charge in [-0.15, -0.1) is 22.7 Å². The fraction of sp³-hybridized carbons (Fsp3) is 0.133. The maximum absolute atomic E-state index is 10.8. The van der Waals surface area contributed by atoms with E-state index in [9.17, 15) is 4.79 Å². The highest BCUT2D eigenvalue weighted by atomic mass is 32.1. The molecule has 0 saturated heterocycles. The van der Waals surface area contributed by atoms with Crippen LogP contribution < -0.4 is 5.73 Å². The van der Waals surface area contributed by atoms with Crippen molar-refractivity contribution in [3.63, 3.8) is 0 Å². The summed E-state index contributed by atoms with van der Waals surface area (Å²) < 4.78 is 0. The highest BCUT2D eigenvalue weighted by Gasteiger charge is 2.15. The fourth-order valence-corrected chi connectivity index (χ4v) is 3.51. The fourth-order valence-electron chi connectivity index (χ4n) is 1.93. The molecule has 0 spiro atoms. The summed E-state index contributed by atoms with van der Waals surface area (Å²) in [6.07, 6.45) is 1.87. The second kappa shape index (κ2) is 6.84. The smallest absolute Gasteiger partial charge is 0.320 e. The van der Waals surface area contributed by atoms with Crippen LogP contribution in [-0.4, -0.2) is 32.1 Å². The van der Waals surface area contributed by atoms with Crippen LogP contribution in [0.2, 0.25) is 0 Å². The largest absolute Gasteiger partial charge is 0.480 e. The number of nitriles is 1. The molecular weight excluding hydrogens is 346 g/mol. The number of carboxylic acid groups (broad SMARTS) is 1. The van der Waals surface area contributed by atoms with Crippen LogP contribution in [0.4, 0.5) is 0 Å². The highest BCUT2D eigenvalue weighted by molar-refractivity contribution is 7.13. The number of pyridine rings is 1. The minimum absolute atomic E-state index is 0.189. The Kier molecular flexibility index (Phi) is 4.61. The zero-order valence-electron chi connectivity index (χ0n) is 12.2. The number of carbonyl (C=O) groups is 1. The van der Waals surface area contributed by atoms with Crippen molar-refractivity contribution in [2.75, 3.05) is 0 Å². The van der Waals surface area contributed by atoms with E-state index in [4.69, 9.17) is 16.1 Å². The summed E-state index contributed by atoms with van der Waals surface area (Å²) in [6, 6.07) is 4.72. The molecule has 9 heteroatoms. The average Bonchev–Trinajstić information content (AvgIpc) is 3.24. The number of aromatic nitrogens is 3. The molecular formula is C15H11N5O2S2. The van der Waals surface area contributed by atoms with Gasteiger partial charge in [-0.1, -0.05) is 0 Å². The number of nitrogens with zero attached hydrogens (tertiary/aromatic N) is 4. The Hall–Kier alpha value is -2.67. The van der Waals surface area contributed by atoms with Crippen molar-refractivity contribution < 1.29 is 9.90 Å². The number of nitrogens with two attached hydrogens (primary N) is 1. The van der Waals surface area contributed by atoms with Gasteiger partial charge in [-0.2, -0.15) is 5.26 Å². The van der Waals surface area contributed by atoms with Gasteiger partial charge >= 0.3 is 5.97 Å². The van der Waals surface area contributed by atoms with Gasteiger partial charge in [0.05, 0.1) is 16.4 Å². The van der Waals surface area contributed by atoms with Crippen molar-refractivity contribution in [3.05, 3.63) is 39.8 Å². The van der Waals surface area contributed by atoms with Crippen molar-refractivity contribution in [2.45, 2.75) is 12.5 Å². The van der Waals surface area contributed by atoms with E-state index in [1.165, 1.54) is 22.7 Å². The highest BCUT2D eigenvalue weighted by Crippen LogP contribution is 2.26. The molecule has 3 N–H and O–H groups in total. The zero-order chi connectivity index (χ0) is 17.1. The molecule has 0 aliphatic heterocycles. The first-order valence-electron chi connectivity index (χ1n) is 6.82. The number of carboxylic acids is 1. The molecule has 0 bridgehead atoms. The van der Waals surface area contributed by atoms with E-state index in [-0.39, 0.29) is 6.42 Å². The molecule has 120 valence electrons. The number of hydrogen-bond donors (Lipinski definition) is 2. The van der Waals surface area contributed by atoms with E-state index in [0.717, 1.165) is 10.6 Å². The molecule has 7 nitrogen and oxygen atoms in total. The summed E-state index contributed by atoms with van der Waals surface area (Å²) in [5.41, 5.74) is 8.09. The lowest BCUT2D eigenvalue weighted by atomic mass is 10.2. The molecule has 0 amide bonds. The van der Waals surface area contributed by atoms with E-state index >= 15 is 0 Å². The molecule has 3 aromatic rings. The predicted molar refractivity (Wildman–Crippen MR) is 90.5 cm³/mol. The van der Waals surface area contributed by atoms with Gasteiger partial charge in [-0.05, 0) is 12.1 Å². The van der Waals surface area contributed by atoms with Crippen LogP contribution in [0.5, 0.6) is 0 Å². The predicted octanol–water partition coefficient (Wildman–Crippen LogP) is 2.15. The van der Waals surface area contributed by atoms with E-state index in [1.807, 2.05) is 23.6 Å². The summed E-state index contributed by atoms with van der Waals surface area (Å²) in [4.78, 5) is 23.7. The number of hydrogen-bond acceptors (Lipinski definition) is 8. The number of aliphatic carboxylic acids is 1. The van der Waals surface area contributed by atoms with Crippen molar-refractivity contribution in [2.24, 2.45) is 5.73 Å². The Balaban J connectivity index is 1.77. The van der Waals surface area contributed by atoms with Crippen molar-refractivity contribution >= 4 is 28.6 Å². The van der Waals surface area contributed by atoms with Crippen LogP contribution in [0.25, 0.3) is 22.0 Å². The molecule has 1 atom stereocenters. The van der Waals surface area contributed by atoms with Gasteiger partial charge in [0.15, 0.2) is 5.69 Å². The van der Waals surface area contributed by atoms with E-state index < -0.39 is 12.0 Å². The van der Waals surface area contributed by atoms with Crippen LogP contribution in [0.15, 0.2) is 29.1 Å². The molecule has 3 aromatic heterocycles. The minimum Gasteiger partial charge on any atom is -0.480 e. The standard InChI is InChI=1S/C15H11N5O2S2/c16-4-9-6-24-14(19-9)8-1-2-11(18-5-8)12-7-23-13(20-12)3-10(17)15(21)22/h1-2,5-7,10H,3,17H2,(H,21,22)/t10-/m0/s1. The summed E-state index contributed by atoms with van der Waals surface area (Å²) >= 11 is 2.74. The van der Waals surface area contributed by atoms with Crippen LogP contribution in [0.3, 0.4) is 0 Å². The Bertz CT molecular complexity index is 911. The van der Waals surface area contributed by atoms with Crippen LogP contribution >= 0.6 is 22.7 Å².